The molecule has 7 heteroatoms. The maximum atomic E-state index is 12.2. The molecule has 0 bridgehead atoms. The largest absolute Gasteiger partial charge is 0.493 e. The molecule has 0 unspecified atom stereocenters. The zero-order chi connectivity index (χ0) is 19.6. The number of carbonyl (C=O) groups excluding carboxylic acids is 2. The van der Waals surface area contributed by atoms with Gasteiger partial charge in [0.25, 0.3) is 5.91 Å². The lowest BCUT2D eigenvalue weighted by atomic mass is 10.2. The number of hydrogen-bond acceptors (Lipinski definition) is 5. The Balaban J connectivity index is 1.87. The molecule has 0 fully saturated rings. The summed E-state index contributed by atoms with van der Waals surface area (Å²) in [5.41, 5.74) is 4.32. The van der Waals surface area contributed by atoms with Crippen LogP contribution in [0.4, 0.5) is 0 Å². The van der Waals surface area contributed by atoms with Crippen molar-refractivity contribution < 1.29 is 19.1 Å². The summed E-state index contributed by atoms with van der Waals surface area (Å²) < 4.78 is 10.3. The first-order chi connectivity index (χ1) is 13.0. The van der Waals surface area contributed by atoms with Gasteiger partial charge < -0.3 is 14.8 Å². The van der Waals surface area contributed by atoms with Crippen molar-refractivity contribution >= 4 is 17.5 Å². The van der Waals surface area contributed by atoms with E-state index in [2.05, 4.69) is 15.8 Å². The van der Waals surface area contributed by atoms with E-state index in [4.69, 9.17) is 9.47 Å². The summed E-state index contributed by atoms with van der Waals surface area (Å²) in [4.78, 5) is 24.2. The highest BCUT2D eigenvalue weighted by Crippen LogP contribution is 2.27. The molecule has 0 atom stereocenters. The number of methoxy groups -OCH3 is 2. The van der Waals surface area contributed by atoms with Crippen LogP contribution in [0.3, 0.4) is 0 Å². The molecule has 7 nitrogen and oxygen atoms in total. The lowest BCUT2D eigenvalue weighted by Crippen LogP contribution is -2.26. The number of ether oxygens (including phenoxy) is 2. The summed E-state index contributed by atoms with van der Waals surface area (Å²) in [6.45, 7) is 2.13. The molecule has 0 aliphatic heterocycles. The minimum Gasteiger partial charge on any atom is -0.493 e. The number of nitrogens with one attached hydrogen (secondary N) is 2. The second kappa shape index (κ2) is 9.96. The molecule has 0 spiro atoms. The Morgan fingerprint density at radius 1 is 1.00 bits per heavy atom. The van der Waals surface area contributed by atoms with Crippen molar-refractivity contribution in [1.82, 2.24) is 10.7 Å². The molecule has 2 rings (SSSR count). The van der Waals surface area contributed by atoms with E-state index in [0.29, 0.717) is 29.3 Å². The highest BCUT2D eigenvalue weighted by molar-refractivity contribution is 6.01. The number of hydrogen-bond donors (Lipinski definition) is 2. The number of carbonyl (C=O) groups is 2. The summed E-state index contributed by atoms with van der Waals surface area (Å²) in [5, 5.41) is 6.79. The number of benzene rings is 2. The van der Waals surface area contributed by atoms with Crippen molar-refractivity contribution in [3.8, 4) is 11.5 Å². The van der Waals surface area contributed by atoms with Crippen LogP contribution in [0.15, 0.2) is 53.6 Å². The van der Waals surface area contributed by atoms with Crippen LogP contribution >= 0.6 is 0 Å². The maximum absolute atomic E-state index is 12.2. The smallest absolute Gasteiger partial charge is 0.271 e. The van der Waals surface area contributed by atoms with E-state index in [-0.39, 0.29) is 12.3 Å². The third-order valence-corrected chi connectivity index (χ3v) is 3.74. The zero-order valence-corrected chi connectivity index (χ0v) is 15.6. The van der Waals surface area contributed by atoms with Crippen LogP contribution in [-0.2, 0) is 11.3 Å². The molecule has 2 aromatic rings. The average molecular weight is 369 g/mol. The van der Waals surface area contributed by atoms with Gasteiger partial charge in [-0.15, -0.1) is 0 Å². The molecular formula is C20H23N3O4. The molecule has 2 N–H and O–H groups in total. The van der Waals surface area contributed by atoms with Crippen molar-refractivity contribution in [2.24, 2.45) is 5.10 Å². The Labute approximate surface area is 158 Å². The molecule has 0 aromatic heterocycles. The topological polar surface area (TPSA) is 89.0 Å². The first-order valence-electron chi connectivity index (χ1n) is 8.39. The van der Waals surface area contributed by atoms with E-state index in [0.717, 1.165) is 5.56 Å². The summed E-state index contributed by atoms with van der Waals surface area (Å²) >= 11 is 0. The van der Waals surface area contributed by atoms with Gasteiger partial charge >= 0.3 is 0 Å². The molecular weight excluding hydrogens is 346 g/mol. The van der Waals surface area contributed by atoms with Crippen LogP contribution in [0, 0.1) is 0 Å². The van der Waals surface area contributed by atoms with Crippen LogP contribution < -0.4 is 20.2 Å². The Bertz CT molecular complexity index is 819. The van der Waals surface area contributed by atoms with Crippen LogP contribution in [0.25, 0.3) is 0 Å². The lowest BCUT2D eigenvalue weighted by Gasteiger charge is -2.09. The van der Waals surface area contributed by atoms with E-state index >= 15 is 0 Å². The van der Waals surface area contributed by atoms with E-state index in [1.54, 1.807) is 25.1 Å². The highest BCUT2D eigenvalue weighted by atomic mass is 16.5. The molecule has 2 aromatic carbocycles. The van der Waals surface area contributed by atoms with Gasteiger partial charge in [0.15, 0.2) is 11.5 Å². The maximum Gasteiger partial charge on any atom is 0.271 e. The van der Waals surface area contributed by atoms with Crippen LogP contribution in [0.2, 0.25) is 0 Å². The first-order valence-corrected chi connectivity index (χ1v) is 8.39. The van der Waals surface area contributed by atoms with Gasteiger partial charge in [-0.3, -0.25) is 9.59 Å². The van der Waals surface area contributed by atoms with Crippen molar-refractivity contribution in [2.75, 3.05) is 14.2 Å². The van der Waals surface area contributed by atoms with Gasteiger partial charge in [-0.1, -0.05) is 30.3 Å². The Morgan fingerprint density at radius 3 is 2.37 bits per heavy atom. The molecule has 0 heterocycles. The normalized spacial score (nSPS) is 10.9. The second-order valence-corrected chi connectivity index (χ2v) is 5.80. The predicted molar refractivity (Wildman–Crippen MR) is 103 cm³/mol. The van der Waals surface area contributed by atoms with Gasteiger partial charge in [0.05, 0.1) is 20.6 Å². The fraction of sp³-hybridized carbons (Fsp3) is 0.250. The van der Waals surface area contributed by atoms with Crippen molar-refractivity contribution in [1.29, 1.82) is 0 Å². The third-order valence-electron chi connectivity index (χ3n) is 3.74. The monoisotopic (exact) mass is 369 g/mol. The first kappa shape index (κ1) is 20.0. The quantitative estimate of drug-likeness (QED) is 0.553. The Morgan fingerprint density at radius 2 is 1.70 bits per heavy atom. The Kier molecular flexibility index (Phi) is 7.37. The lowest BCUT2D eigenvalue weighted by molar-refractivity contribution is -0.120. The summed E-state index contributed by atoms with van der Waals surface area (Å²) in [6.07, 6.45) is 0.0963. The zero-order valence-electron chi connectivity index (χ0n) is 15.6. The number of hydrazone groups is 1. The van der Waals surface area contributed by atoms with Crippen LogP contribution in [-0.4, -0.2) is 31.7 Å². The van der Waals surface area contributed by atoms with Crippen molar-refractivity contribution in [3.05, 3.63) is 59.7 Å². The van der Waals surface area contributed by atoms with E-state index in [1.807, 2.05) is 30.3 Å². The second-order valence-electron chi connectivity index (χ2n) is 5.80. The van der Waals surface area contributed by atoms with Gasteiger partial charge in [0, 0.05) is 17.8 Å². The fourth-order valence-corrected chi connectivity index (χ4v) is 2.32. The fourth-order valence-electron chi connectivity index (χ4n) is 2.32. The third kappa shape index (κ3) is 6.14. The Hall–Kier alpha value is -3.35. The van der Waals surface area contributed by atoms with Gasteiger partial charge in [-0.2, -0.15) is 5.10 Å². The average Bonchev–Trinajstić information content (AvgIpc) is 2.70. The summed E-state index contributed by atoms with van der Waals surface area (Å²) in [7, 11) is 3.02. The predicted octanol–water partition coefficient (Wildman–Crippen LogP) is 2.52. The molecule has 0 saturated carbocycles. The SMILES string of the molecule is COc1ccc(C(=O)N/N=C(/C)CC(=O)NCc2ccccc2)cc1OC. The van der Waals surface area contributed by atoms with Crippen molar-refractivity contribution in [2.45, 2.75) is 19.9 Å². The van der Waals surface area contributed by atoms with Gasteiger partial charge in [-0.05, 0) is 30.7 Å². The summed E-state index contributed by atoms with van der Waals surface area (Å²) in [5.74, 6) is 0.412. The minimum absolute atomic E-state index is 0.0963. The van der Waals surface area contributed by atoms with E-state index in [1.165, 1.54) is 14.2 Å². The molecule has 0 saturated heterocycles. The molecule has 0 radical (unpaired) electrons. The standard InChI is InChI=1S/C20H23N3O4/c1-14(11-19(24)21-13-15-7-5-4-6-8-15)22-23-20(25)16-9-10-17(26-2)18(12-16)27-3/h4-10,12H,11,13H2,1-3H3,(H,21,24)(H,23,25)/b22-14-. The molecule has 142 valence electrons. The number of nitrogens with zero attached hydrogens (tertiary/aromatic N) is 1. The molecule has 0 aliphatic rings. The minimum atomic E-state index is -0.403. The number of rotatable bonds is 8. The van der Waals surface area contributed by atoms with Gasteiger partial charge in [-0.25, -0.2) is 5.43 Å². The van der Waals surface area contributed by atoms with Crippen LogP contribution in [0.5, 0.6) is 11.5 Å². The van der Waals surface area contributed by atoms with Gasteiger partial charge in [0.1, 0.15) is 0 Å². The van der Waals surface area contributed by atoms with E-state index < -0.39 is 5.91 Å². The highest BCUT2D eigenvalue weighted by Gasteiger charge is 2.11. The van der Waals surface area contributed by atoms with Gasteiger partial charge in [0.2, 0.25) is 5.91 Å². The van der Waals surface area contributed by atoms with Crippen LogP contribution in [0.1, 0.15) is 29.3 Å². The number of amides is 2. The molecule has 27 heavy (non-hydrogen) atoms. The van der Waals surface area contributed by atoms with E-state index in [9.17, 15) is 9.59 Å². The molecule has 0 aliphatic carbocycles. The summed E-state index contributed by atoms with van der Waals surface area (Å²) in [6, 6.07) is 14.4. The van der Waals surface area contributed by atoms with Crippen molar-refractivity contribution in [3.63, 3.8) is 0 Å². The molecule has 2 amide bonds.